The smallest absolute Gasteiger partial charge is 0.0924 e. The monoisotopic (exact) mass is 348 g/mol. The molecule has 0 aliphatic rings. The molecule has 128 valence electrons. The van der Waals surface area contributed by atoms with Crippen LogP contribution in [0.2, 0.25) is 0 Å². The highest BCUT2D eigenvalue weighted by atomic mass is 31.2. The molecule has 0 aromatic heterocycles. The molecule has 0 aliphatic carbocycles. The normalized spacial score (nSPS) is 11.2. The van der Waals surface area contributed by atoms with Crippen LogP contribution in [0.15, 0.2) is 95.7 Å². The van der Waals surface area contributed by atoms with E-state index in [2.05, 4.69) is 96.9 Å². The SMILES string of the molecule is CCCCNP(=Nc1ccccc1)(c1ccccc1)c1ccccc1. The average molecular weight is 348 g/mol. The van der Waals surface area contributed by atoms with Crippen LogP contribution in [0.4, 0.5) is 5.69 Å². The third kappa shape index (κ3) is 4.28. The largest absolute Gasteiger partial charge is 0.276 e. The van der Waals surface area contributed by atoms with Gasteiger partial charge in [0.15, 0.2) is 0 Å². The number of nitrogens with zero attached hydrogens (tertiary/aromatic N) is 1. The van der Waals surface area contributed by atoms with Crippen molar-refractivity contribution in [3.8, 4) is 0 Å². The van der Waals surface area contributed by atoms with Gasteiger partial charge in [-0.15, -0.1) is 0 Å². The van der Waals surface area contributed by atoms with E-state index < -0.39 is 7.21 Å². The minimum Gasteiger partial charge on any atom is -0.276 e. The zero-order chi connectivity index (χ0) is 17.4. The van der Waals surface area contributed by atoms with Crippen LogP contribution in [0.1, 0.15) is 19.8 Å². The average Bonchev–Trinajstić information content (AvgIpc) is 2.69. The van der Waals surface area contributed by atoms with E-state index in [1.165, 1.54) is 17.0 Å². The standard InChI is InChI=1S/C22H25N2P/c1-2-3-19-23-25(21-15-9-5-10-16-21,22-17-11-6-12-18-22)24-20-13-7-4-8-14-20/h4-18,23H,2-3,19H2,1H3. The topological polar surface area (TPSA) is 24.4 Å². The van der Waals surface area contributed by atoms with E-state index in [-0.39, 0.29) is 0 Å². The quantitative estimate of drug-likeness (QED) is 0.444. The highest BCUT2D eigenvalue weighted by Gasteiger charge is 2.24. The Bertz CT molecular complexity index is 771. The number of nitrogens with one attached hydrogen (secondary N) is 1. The Hall–Kier alpha value is -2.15. The van der Waals surface area contributed by atoms with Crippen molar-refractivity contribution in [2.45, 2.75) is 19.8 Å². The molecule has 0 unspecified atom stereocenters. The van der Waals surface area contributed by atoms with Gasteiger partial charge in [0, 0.05) is 17.2 Å². The van der Waals surface area contributed by atoms with E-state index in [0.717, 1.165) is 18.7 Å². The highest BCUT2D eigenvalue weighted by molar-refractivity contribution is 7.79. The van der Waals surface area contributed by atoms with Crippen molar-refractivity contribution < 1.29 is 0 Å². The third-order valence-electron chi connectivity index (χ3n) is 4.15. The summed E-state index contributed by atoms with van der Waals surface area (Å²) in [6.07, 6.45) is 2.31. The van der Waals surface area contributed by atoms with Gasteiger partial charge in [0.1, 0.15) is 0 Å². The Morgan fingerprint density at radius 3 is 1.68 bits per heavy atom. The predicted molar refractivity (Wildman–Crippen MR) is 111 cm³/mol. The Balaban J connectivity index is 2.22. The second-order valence-corrected chi connectivity index (χ2v) is 8.82. The first-order valence-electron chi connectivity index (χ1n) is 8.89. The number of benzene rings is 3. The van der Waals surface area contributed by atoms with Crippen LogP contribution in [0.3, 0.4) is 0 Å². The van der Waals surface area contributed by atoms with Crippen LogP contribution in [-0.4, -0.2) is 6.54 Å². The molecular formula is C22H25N2P. The van der Waals surface area contributed by atoms with Gasteiger partial charge in [-0.2, -0.15) is 0 Å². The summed E-state index contributed by atoms with van der Waals surface area (Å²) in [5, 5.41) is 6.39. The summed E-state index contributed by atoms with van der Waals surface area (Å²) in [6.45, 7) is 3.19. The first kappa shape index (κ1) is 17.7. The molecule has 0 bridgehead atoms. The molecule has 0 aliphatic heterocycles. The van der Waals surface area contributed by atoms with Crippen molar-refractivity contribution in [2.75, 3.05) is 6.54 Å². The fourth-order valence-electron chi connectivity index (χ4n) is 2.86. The molecule has 0 saturated carbocycles. The summed E-state index contributed by atoms with van der Waals surface area (Å²) in [5.74, 6) is 0. The highest BCUT2D eigenvalue weighted by Crippen LogP contribution is 2.46. The molecule has 0 heterocycles. The molecule has 1 N–H and O–H groups in total. The van der Waals surface area contributed by atoms with E-state index in [1.54, 1.807) is 0 Å². The Kier molecular flexibility index (Phi) is 6.22. The van der Waals surface area contributed by atoms with Crippen LogP contribution >= 0.6 is 7.21 Å². The zero-order valence-corrected chi connectivity index (χ0v) is 15.6. The second-order valence-electron chi connectivity index (χ2n) is 6.00. The molecule has 0 radical (unpaired) electrons. The molecule has 0 spiro atoms. The van der Waals surface area contributed by atoms with Crippen molar-refractivity contribution >= 4 is 23.5 Å². The number of hydrogen-bond acceptors (Lipinski definition) is 1. The summed E-state index contributed by atoms with van der Waals surface area (Å²) >= 11 is 0. The molecular weight excluding hydrogens is 323 g/mol. The molecule has 0 atom stereocenters. The third-order valence-corrected chi connectivity index (χ3v) is 7.46. The van der Waals surface area contributed by atoms with Crippen molar-refractivity contribution in [1.29, 1.82) is 0 Å². The summed E-state index contributed by atoms with van der Waals surface area (Å²) in [7, 11) is -2.08. The Morgan fingerprint density at radius 2 is 1.20 bits per heavy atom. The van der Waals surface area contributed by atoms with Gasteiger partial charge in [-0.1, -0.05) is 92.2 Å². The number of unbranched alkanes of at least 4 members (excludes halogenated alkanes) is 1. The lowest BCUT2D eigenvalue weighted by Gasteiger charge is -2.27. The summed E-state index contributed by atoms with van der Waals surface area (Å²) in [5.41, 5.74) is 1.02. The maximum absolute atomic E-state index is 5.30. The van der Waals surface area contributed by atoms with E-state index in [0.29, 0.717) is 0 Å². The molecule has 25 heavy (non-hydrogen) atoms. The Labute approximate surface area is 151 Å². The van der Waals surface area contributed by atoms with Crippen molar-refractivity contribution in [3.63, 3.8) is 0 Å². The van der Waals surface area contributed by atoms with Crippen LogP contribution in [-0.2, 0) is 0 Å². The summed E-state index contributed by atoms with van der Waals surface area (Å²) < 4.78 is 5.30. The minimum absolute atomic E-state index is 0.963. The molecule has 0 fully saturated rings. The summed E-state index contributed by atoms with van der Waals surface area (Å²) in [4.78, 5) is 0. The van der Waals surface area contributed by atoms with Gasteiger partial charge in [-0.3, -0.25) is 5.09 Å². The minimum atomic E-state index is -2.08. The van der Waals surface area contributed by atoms with Crippen molar-refractivity contribution in [1.82, 2.24) is 5.09 Å². The van der Waals surface area contributed by atoms with Gasteiger partial charge in [0.05, 0.1) is 12.9 Å². The maximum atomic E-state index is 5.30. The molecule has 2 nitrogen and oxygen atoms in total. The number of hydrogen-bond donors (Lipinski definition) is 1. The molecule has 0 saturated heterocycles. The maximum Gasteiger partial charge on any atom is 0.0924 e. The van der Waals surface area contributed by atoms with Crippen molar-refractivity contribution in [2.24, 2.45) is 4.74 Å². The first-order chi connectivity index (χ1) is 12.3. The zero-order valence-electron chi connectivity index (χ0n) is 14.7. The van der Waals surface area contributed by atoms with Crippen LogP contribution in [0, 0.1) is 0 Å². The fraction of sp³-hybridized carbons (Fsp3) is 0.182. The first-order valence-corrected chi connectivity index (χ1v) is 10.6. The molecule has 3 aromatic rings. The lowest BCUT2D eigenvalue weighted by Crippen LogP contribution is -2.28. The lowest BCUT2D eigenvalue weighted by atomic mass is 10.3. The summed E-state index contributed by atoms with van der Waals surface area (Å²) in [6, 6.07) is 31.7. The second kappa shape index (κ2) is 8.80. The van der Waals surface area contributed by atoms with Gasteiger partial charge >= 0.3 is 0 Å². The van der Waals surface area contributed by atoms with Crippen LogP contribution in [0.5, 0.6) is 0 Å². The van der Waals surface area contributed by atoms with Crippen molar-refractivity contribution in [3.05, 3.63) is 91.0 Å². The van der Waals surface area contributed by atoms with Crippen LogP contribution in [0.25, 0.3) is 0 Å². The van der Waals surface area contributed by atoms with Gasteiger partial charge in [0.25, 0.3) is 0 Å². The van der Waals surface area contributed by atoms with Crippen LogP contribution < -0.4 is 15.7 Å². The number of rotatable bonds is 7. The fourth-order valence-corrected chi connectivity index (χ4v) is 5.99. The molecule has 3 aromatic carbocycles. The molecule has 3 rings (SSSR count). The van der Waals surface area contributed by atoms with E-state index >= 15 is 0 Å². The van der Waals surface area contributed by atoms with Gasteiger partial charge < -0.3 is 0 Å². The van der Waals surface area contributed by atoms with Gasteiger partial charge in [-0.05, 0) is 18.6 Å². The lowest BCUT2D eigenvalue weighted by molar-refractivity contribution is 0.771. The van der Waals surface area contributed by atoms with Gasteiger partial charge in [0.2, 0.25) is 0 Å². The Morgan fingerprint density at radius 1 is 0.720 bits per heavy atom. The van der Waals surface area contributed by atoms with E-state index in [1.807, 2.05) is 6.07 Å². The molecule has 3 heteroatoms. The molecule has 0 amide bonds. The van der Waals surface area contributed by atoms with Gasteiger partial charge in [-0.25, -0.2) is 4.74 Å². The van der Waals surface area contributed by atoms with E-state index in [4.69, 9.17) is 4.74 Å². The predicted octanol–water partition coefficient (Wildman–Crippen LogP) is 5.48. The van der Waals surface area contributed by atoms with E-state index in [9.17, 15) is 0 Å².